The first kappa shape index (κ1) is 14.4. The Balaban J connectivity index is 1.80. The van der Waals surface area contributed by atoms with Gasteiger partial charge in [-0.3, -0.25) is 10.1 Å². The molecule has 2 aromatic heterocycles. The maximum atomic E-state index is 4.61. The zero-order chi connectivity index (χ0) is 16.4. The average Bonchev–Trinajstić information content (AvgIpc) is 3.12. The number of pyridine rings is 1. The molecular formula is C21H17N3. The predicted octanol–water partition coefficient (Wildman–Crippen LogP) is 5.11. The molecule has 116 valence electrons. The van der Waals surface area contributed by atoms with Crippen LogP contribution in [-0.4, -0.2) is 15.2 Å². The van der Waals surface area contributed by atoms with Gasteiger partial charge in [0.25, 0.3) is 0 Å². The second-order valence-corrected chi connectivity index (χ2v) is 5.77. The van der Waals surface area contributed by atoms with E-state index in [1.807, 2.05) is 37.4 Å². The molecule has 4 aromatic rings. The first-order valence-electron chi connectivity index (χ1n) is 7.94. The first-order valence-corrected chi connectivity index (χ1v) is 7.94. The Labute approximate surface area is 141 Å². The maximum absolute atomic E-state index is 4.61. The number of aromatic nitrogens is 3. The number of nitrogens with one attached hydrogen (secondary N) is 1. The van der Waals surface area contributed by atoms with Crippen LogP contribution in [0.3, 0.4) is 0 Å². The van der Waals surface area contributed by atoms with Gasteiger partial charge in [0.2, 0.25) is 0 Å². The van der Waals surface area contributed by atoms with E-state index in [4.69, 9.17) is 0 Å². The van der Waals surface area contributed by atoms with E-state index < -0.39 is 0 Å². The third kappa shape index (κ3) is 2.72. The Morgan fingerprint density at radius 3 is 2.33 bits per heavy atom. The smallest absolute Gasteiger partial charge is 0.0912 e. The minimum absolute atomic E-state index is 0.910. The normalized spacial score (nSPS) is 10.7. The molecule has 0 saturated heterocycles. The molecule has 3 heteroatoms. The summed E-state index contributed by atoms with van der Waals surface area (Å²) in [6.07, 6.45) is 1.86. The van der Waals surface area contributed by atoms with Gasteiger partial charge in [0.05, 0.1) is 17.6 Å². The van der Waals surface area contributed by atoms with Crippen molar-refractivity contribution < 1.29 is 0 Å². The number of hydrogen-bond donors (Lipinski definition) is 1. The number of nitrogens with zero attached hydrogens (tertiary/aromatic N) is 2. The van der Waals surface area contributed by atoms with Crippen molar-refractivity contribution in [3.8, 4) is 33.6 Å². The van der Waals surface area contributed by atoms with Crippen LogP contribution in [0.4, 0.5) is 0 Å². The lowest BCUT2D eigenvalue weighted by molar-refractivity contribution is 1.08. The molecule has 0 atom stereocenters. The number of aromatic amines is 1. The van der Waals surface area contributed by atoms with Crippen LogP contribution in [0.15, 0.2) is 79.0 Å². The monoisotopic (exact) mass is 311 g/mol. The topological polar surface area (TPSA) is 41.6 Å². The van der Waals surface area contributed by atoms with Crippen LogP contribution < -0.4 is 0 Å². The lowest BCUT2D eigenvalue weighted by atomic mass is 9.98. The van der Waals surface area contributed by atoms with Gasteiger partial charge in [-0.05, 0) is 41.8 Å². The Morgan fingerprint density at radius 1 is 0.750 bits per heavy atom. The second-order valence-electron chi connectivity index (χ2n) is 5.77. The van der Waals surface area contributed by atoms with Crippen LogP contribution in [0, 0.1) is 6.92 Å². The molecule has 4 rings (SSSR count). The Bertz CT molecular complexity index is 971. The lowest BCUT2D eigenvalue weighted by Crippen LogP contribution is -1.89. The fourth-order valence-corrected chi connectivity index (χ4v) is 2.88. The molecule has 0 bridgehead atoms. The van der Waals surface area contributed by atoms with E-state index in [1.54, 1.807) is 0 Å². The summed E-state index contributed by atoms with van der Waals surface area (Å²) in [6.45, 7) is 2.00. The van der Waals surface area contributed by atoms with Crippen LogP contribution in [0.1, 0.15) is 5.69 Å². The highest BCUT2D eigenvalue weighted by atomic mass is 15.1. The molecule has 0 aliphatic heterocycles. The van der Waals surface area contributed by atoms with Gasteiger partial charge in [-0.2, -0.15) is 5.10 Å². The molecule has 0 aliphatic carbocycles. The van der Waals surface area contributed by atoms with Gasteiger partial charge in [-0.15, -0.1) is 0 Å². The fraction of sp³-hybridized carbons (Fsp3) is 0.0476. The molecule has 0 amide bonds. The predicted molar refractivity (Wildman–Crippen MR) is 97.4 cm³/mol. The number of hydrogen-bond acceptors (Lipinski definition) is 2. The summed E-state index contributed by atoms with van der Waals surface area (Å²) < 4.78 is 0. The molecule has 2 heterocycles. The highest BCUT2D eigenvalue weighted by Gasteiger charge is 2.12. The zero-order valence-corrected chi connectivity index (χ0v) is 13.4. The van der Waals surface area contributed by atoms with E-state index in [0.717, 1.165) is 28.2 Å². The molecule has 0 unspecified atom stereocenters. The van der Waals surface area contributed by atoms with Crippen LogP contribution >= 0.6 is 0 Å². The van der Waals surface area contributed by atoms with Crippen molar-refractivity contribution in [3.05, 3.63) is 84.7 Å². The summed E-state index contributed by atoms with van der Waals surface area (Å²) in [6, 6.07) is 24.9. The van der Waals surface area contributed by atoms with Crippen molar-refractivity contribution in [2.45, 2.75) is 6.92 Å². The van der Waals surface area contributed by atoms with Crippen LogP contribution in [0.25, 0.3) is 33.6 Å². The van der Waals surface area contributed by atoms with Crippen molar-refractivity contribution in [1.29, 1.82) is 0 Å². The van der Waals surface area contributed by atoms with E-state index in [2.05, 4.69) is 63.7 Å². The molecule has 0 saturated carbocycles. The van der Waals surface area contributed by atoms with Gasteiger partial charge >= 0.3 is 0 Å². The van der Waals surface area contributed by atoms with E-state index in [1.165, 1.54) is 11.1 Å². The van der Waals surface area contributed by atoms with E-state index in [-0.39, 0.29) is 0 Å². The van der Waals surface area contributed by atoms with Gasteiger partial charge in [0, 0.05) is 11.3 Å². The lowest BCUT2D eigenvalue weighted by Gasteiger charge is -2.07. The summed E-state index contributed by atoms with van der Waals surface area (Å²) in [5.41, 5.74) is 7.44. The van der Waals surface area contributed by atoms with Crippen molar-refractivity contribution in [2.24, 2.45) is 0 Å². The Kier molecular flexibility index (Phi) is 3.67. The number of benzene rings is 2. The van der Waals surface area contributed by atoms with Crippen molar-refractivity contribution >= 4 is 0 Å². The van der Waals surface area contributed by atoms with Crippen molar-refractivity contribution in [1.82, 2.24) is 15.2 Å². The molecule has 1 N–H and O–H groups in total. The summed E-state index contributed by atoms with van der Waals surface area (Å²) in [5, 5.41) is 7.34. The zero-order valence-electron chi connectivity index (χ0n) is 13.4. The molecule has 3 nitrogen and oxygen atoms in total. The summed E-state index contributed by atoms with van der Waals surface area (Å²) in [4.78, 5) is 4.61. The van der Waals surface area contributed by atoms with Crippen LogP contribution in [0.5, 0.6) is 0 Å². The van der Waals surface area contributed by atoms with Crippen molar-refractivity contribution in [2.75, 3.05) is 0 Å². The van der Waals surface area contributed by atoms with Crippen LogP contribution in [0.2, 0.25) is 0 Å². The quantitative estimate of drug-likeness (QED) is 0.571. The third-order valence-corrected chi connectivity index (χ3v) is 4.06. The SMILES string of the molecule is Cc1cccc(-c2[nH]ncc2-c2cccc(-c3ccccc3)c2)n1. The van der Waals surface area contributed by atoms with Gasteiger partial charge in [0.1, 0.15) is 0 Å². The van der Waals surface area contributed by atoms with E-state index in [0.29, 0.717) is 0 Å². The summed E-state index contributed by atoms with van der Waals surface area (Å²) >= 11 is 0. The van der Waals surface area contributed by atoms with Crippen LogP contribution in [-0.2, 0) is 0 Å². The summed E-state index contributed by atoms with van der Waals surface area (Å²) in [7, 11) is 0. The fourth-order valence-electron chi connectivity index (χ4n) is 2.88. The third-order valence-electron chi connectivity index (χ3n) is 4.06. The summed E-state index contributed by atoms with van der Waals surface area (Å²) in [5.74, 6) is 0. The van der Waals surface area contributed by atoms with Gasteiger partial charge in [-0.1, -0.05) is 54.6 Å². The van der Waals surface area contributed by atoms with Crippen molar-refractivity contribution in [3.63, 3.8) is 0 Å². The van der Waals surface area contributed by atoms with Gasteiger partial charge in [0.15, 0.2) is 0 Å². The molecule has 0 fully saturated rings. The number of aryl methyl sites for hydroxylation is 1. The van der Waals surface area contributed by atoms with Gasteiger partial charge in [-0.25, -0.2) is 0 Å². The first-order chi connectivity index (χ1) is 11.8. The molecular weight excluding hydrogens is 294 g/mol. The number of H-pyrrole nitrogens is 1. The second kappa shape index (κ2) is 6.13. The van der Waals surface area contributed by atoms with E-state index >= 15 is 0 Å². The molecule has 24 heavy (non-hydrogen) atoms. The molecule has 0 radical (unpaired) electrons. The largest absolute Gasteiger partial charge is 0.276 e. The number of rotatable bonds is 3. The molecule has 0 aliphatic rings. The maximum Gasteiger partial charge on any atom is 0.0912 e. The highest BCUT2D eigenvalue weighted by molar-refractivity contribution is 5.81. The molecule has 0 spiro atoms. The molecule has 2 aromatic carbocycles. The standard InChI is InChI=1S/C21H17N3/c1-15-7-5-12-20(23-15)21-19(14-22-24-21)18-11-6-10-17(13-18)16-8-3-2-4-9-16/h2-14H,1H3,(H,22,24). The Hall–Kier alpha value is -3.20. The van der Waals surface area contributed by atoms with E-state index in [9.17, 15) is 0 Å². The van der Waals surface area contributed by atoms with Gasteiger partial charge < -0.3 is 0 Å². The minimum atomic E-state index is 0.910. The Morgan fingerprint density at radius 2 is 1.50 bits per heavy atom. The highest BCUT2D eigenvalue weighted by Crippen LogP contribution is 2.31. The average molecular weight is 311 g/mol. The minimum Gasteiger partial charge on any atom is -0.276 e.